The fraction of sp³-hybridized carbons (Fsp3) is 0.143. The summed E-state index contributed by atoms with van der Waals surface area (Å²) in [5.74, 6) is 0. The average Bonchev–Trinajstić information content (AvgIpc) is 2.44. The molecule has 0 saturated carbocycles. The number of halogens is 3. The van der Waals surface area contributed by atoms with E-state index in [1.807, 2.05) is 0 Å². The molecule has 0 radical (unpaired) electrons. The van der Waals surface area contributed by atoms with Gasteiger partial charge in [0, 0.05) is 12.2 Å². The fourth-order valence-electron chi connectivity index (χ4n) is 1.93. The van der Waals surface area contributed by atoms with Crippen molar-refractivity contribution >= 4 is 15.7 Å². The van der Waals surface area contributed by atoms with Crippen LogP contribution in [0.2, 0.25) is 0 Å². The Hall–Kier alpha value is -2.06. The molecule has 118 valence electrons. The molecule has 8 heteroatoms. The average molecular weight is 330 g/mol. The van der Waals surface area contributed by atoms with Gasteiger partial charge in [-0.05, 0) is 29.8 Å². The van der Waals surface area contributed by atoms with Gasteiger partial charge in [-0.3, -0.25) is 0 Å². The number of anilines is 1. The maximum atomic E-state index is 12.9. The van der Waals surface area contributed by atoms with Gasteiger partial charge in [0.25, 0.3) is 0 Å². The lowest BCUT2D eigenvalue weighted by molar-refractivity contribution is -0.138. The summed E-state index contributed by atoms with van der Waals surface area (Å²) in [4.78, 5) is -0.110. The number of nitrogens with one attached hydrogen (secondary N) is 1. The van der Waals surface area contributed by atoms with E-state index in [0.717, 1.165) is 6.07 Å². The number of alkyl halides is 3. The molecule has 3 N–H and O–H groups in total. The second-order valence-electron chi connectivity index (χ2n) is 4.58. The second kappa shape index (κ2) is 5.98. The van der Waals surface area contributed by atoms with Crippen LogP contribution in [0.3, 0.4) is 0 Å². The zero-order valence-corrected chi connectivity index (χ0v) is 12.1. The zero-order chi connectivity index (χ0) is 16.4. The Morgan fingerprint density at radius 3 is 2.36 bits per heavy atom. The van der Waals surface area contributed by atoms with Gasteiger partial charge in [0.15, 0.2) is 0 Å². The molecule has 0 saturated heterocycles. The third kappa shape index (κ3) is 3.99. The largest absolute Gasteiger partial charge is 0.416 e. The molecule has 2 rings (SSSR count). The summed E-state index contributed by atoms with van der Waals surface area (Å²) >= 11 is 0. The molecule has 0 aliphatic carbocycles. The molecule has 2 aromatic rings. The highest BCUT2D eigenvalue weighted by Gasteiger charge is 2.32. The van der Waals surface area contributed by atoms with Crippen molar-refractivity contribution in [3.05, 3.63) is 59.7 Å². The van der Waals surface area contributed by atoms with E-state index in [2.05, 4.69) is 5.32 Å². The molecular weight excluding hydrogens is 317 g/mol. The van der Waals surface area contributed by atoms with E-state index in [-0.39, 0.29) is 17.0 Å². The lowest BCUT2D eigenvalue weighted by atomic mass is 10.1. The van der Waals surface area contributed by atoms with Crippen LogP contribution in [0.1, 0.15) is 11.1 Å². The Kier molecular flexibility index (Phi) is 4.43. The minimum atomic E-state index is -4.44. The van der Waals surface area contributed by atoms with Crippen LogP contribution >= 0.6 is 0 Å². The van der Waals surface area contributed by atoms with Crippen LogP contribution in [-0.2, 0) is 22.7 Å². The van der Waals surface area contributed by atoms with Crippen LogP contribution < -0.4 is 10.5 Å². The lowest BCUT2D eigenvalue weighted by Gasteiger charge is -2.14. The first-order valence-electron chi connectivity index (χ1n) is 6.20. The number of nitrogens with two attached hydrogens (primary N) is 1. The van der Waals surface area contributed by atoms with E-state index in [1.54, 1.807) is 6.07 Å². The number of sulfonamides is 1. The molecule has 0 amide bonds. The van der Waals surface area contributed by atoms with Gasteiger partial charge in [-0.1, -0.05) is 24.3 Å². The van der Waals surface area contributed by atoms with Crippen molar-refractivity contribution in [3.8, 4) is 0 Å². The number of rotatable bonds is 4. The van der Waals surface area contributed by atoms with Crippen LogP contribution in [0.4, 0.5) is 18.9 Å². The number of primary sulfonamides is 1. The minimum Gasteiger partial charge on any atom is -0.381 e. The van der Waals surface area contributed by atoms with Gasteiger partial charge >= 0.3 is 6.18 Å². The van der Waals surface area contributed by atoms with Crippen LogP contribution in [0.5, 0.6) is 0 Å². The predicted molar refractivity (Wildman–Crippen MR) is 76.6 cm³/mol. The monoisotopic (exact) mass is 330 g/mol. The van der Waals surface area contributed by atoms with Crippen molar-refractivity contribution in [3.63, 3.8) is 0 Å². The van der Waals surface area contributed by atoms with E-state index in [1.165, 1.54) is 36.4 Å². The summed E-state index contributed by atoms with van der Waals surface area (Å²) in [6, 6.07) is 10.8. The third-order valence-corrected chi connectivity index (χ3v) is 3.88. The maximum absolute atomic E-state index is 12.9. The quantitative estimate of drug-likeness (QED) is 0.905. The predicted octanol–water partition coefficient (Wildman–Crippen LogP) is 2.96. The van der Waals surface area contributed by atoms with Crippen LogP contribution in [0.15, 0.2) is 53.4 Å². The Morgan fingerprint density at radius 2 is 1.73 bits per heavy atom. The fourth-order valence-corrected chi connectivity index (χ4v) is 2.49. The SMILES string of the molecule is NS(=O)(=O)c1cccc(NCc2ccccc2C(F)(F)F)c1. The van der Waals surface area contributed by atoms with Crippen molar-refractivity contribution in [2.24, 2.45) is 5.14 Å². The first kappa shape index (κ1) is 16.3. The van der Waals surface area contributed by atoms with Crippen molar-refractivity contribution in [1.82, 2.24) is 0 Å². The Bertz CT molecular complexity index is 774. The molecule has 22 heavy (non-hydrogen) atoms. The summed E-state index contributed by atoms with van der Waals surface area (Å²) in [6.07, 6.45) is -4.44. The molecule has 0 bridgehead atoms. The molecule has 0 unspecified atom stereocenters. The van der Waals surface area contributed by atoms with Crippen molar-refractivity contribution in [2.75, 3.05) is 5.32 Å². The number of hydrogen-bond acceptors (Lipinski definition) is 3. The van der Waals surface area contributed by atoms with E-state index in [0.29, 0.717) is 5.69 Å². The molecule has 0 aliphatic heterocycles. The van der Waals surface area contributed by atoms with Gasteiger partial charge < -0.3 is 5.32 Å². The van der Waals surface area contributed by atoms with Crippen LogP contribution in [0.25, 0.3) is 0 Å². The zero-order valence-electron chi connectivity index (χ0n) is 11.3. The Balaban J connectivity index is 2.22. The molecule has 4 nitrogen and oxygen atoms in total. The first-order valence-corrected chi connectivity index (χ1v) is 7.74. The lowest BCUT2D eigenvalue weighted by Crippen LogP contribution is -2.13. The van der Waals surface area contributed by atoms with Crippen LogP contribution in [-0.4, -0.2) is 8.42 Å². The smallest absolute Gasteiger partial charge is 0.381 e. The highest BCUT2D eigenvalue weighted by Crippen LogP contribution is 2.32. The summed E-state index contributed by atoms with van der Waals surface area (Å²) in [7, 11) is -3.86. The molecule has 0 aromatic heterocycles. The molecule has 0 spiro atoms. The summed E-state index contributed by atoms with van der Waals surface area (Å²) in [5.41, 5.74) is -0.301. The van der Waals surface area contributed by atoms with E-state index in [9.17, 15) is 21.6 Å². The molecule has 0 aliphatic rings. The van der Waals surface area contributed by atoms with Crippen LogP contribution in [0, 0.1) is 0 Å². The minimum absolute atomic E-state index is 0.0657. The van der Waals surface area contributed by atoms with E-state index >= 15 is 0 Å². The van der Waals surface area contributed by atoms with E-state index in [4.69, 9.17) is 5.14 Å². The van der Waals surface area contributed by atoms with E-state index < -0.39 is 21.8 Å². The van der Waals surface area contributed by atoms with Gasteiger partial charge in [0.05, 0.1) is 10.5 Å². The Labute approximate surface area is 125 Å². The highest BCUT2D eigenvalue weighted by atomic mass is 32.2. The van der Waals surface area contributed by atoms with Gasteiger partial charge in [0.1, 0.15) is 0 Å². The molecular formula is C14H13F3N2O2S. The van der Waals surface area contributed by atoms with Crippen molar-refractivity contribution in [2.45, 2.75) is 17.6 Å². The third-order valence-electron chi connectivity index (χ3n) is 2.97. The molecule has 0 fully saturated rings. The summed E-state index contributed by atoms with van der Waals surface area (Å²) < 4.78 is 61.1. The number of hydrogen-bond donors (Lipinski definition) is 2. The van der Waals surface area contributed by atoms with Gasteiger partial charge in [-0.25, -0.2) is 13.6 Å². The second-order valence-corrected chi connectivity index (χ2v) is 6.14. The highest BCUT2D eigenvalue weighted by molar-refractivity contribution is 7.89. The maximum Gasteiger partial charge on any atom is 0.416 e. The number of benzene rings is 2. The van der Waals surface area contributed by atoms with Crippen molar-refractivity contribution < 1.29 is 21.6 Å². The van der Waals surface area contributed by atoms with Gasteiger partial charge in [-0.2, -0.15) is 13.2 Å². The first-order chi connectivity index (χ1) is 10.2. The standard InChI is InChI=1S/C14H13F3N2O2S/c15-14(16,17)13-7-2-1-4-10(13)9-19-11-5-3-6-12(8-11)22(18,20)21/h1-8,19H,9H2,(H2,18,20,21). The molecule has 2 aromatic carbocycles. The molecule has 0 atom stereocenters. The van der Waals surface area contributed by atoms with Gasteiger partial charge in [0.2, 0.25) is 10.0 Å². The summed E-state index contributed by atoms with van der Waals surface area (Å²) in [5, 5.41) is 7.78. The van der Waals surface area contributed by atoms with Gasteiger partial charge in [-0.15, -0.1) is 0 Å². The summed E-state index contributed by atoms with van der Waals surface area (Å²) in [6.45, 7) is -0.0935. The molecule has 0 heterocycles. The Morgan fingerprint density at radius 1 is 1.05 bits per heavy atom. The normalized spacial score (nSPS) is 12.2. The van der Waals surface area contributed by atoms with Crippen molar-refractivity contribution in [1.29, 1.82) is 0 Å². The topological polar surface area (TPSA) is 72.2 Å².